The number of nitrogens with one attached hydrogen (secondary N) is 2. The summed E-state index contributed by atoms with van der Waals surface area (Å²) in [5, 5.41) is 5.65. The second-order valence-corrected chi connectivity index (χ2v) is 6.91. The molecule has 1 aliphatic heterocycles. The van der Waals surface area contributed by atoms with E-state index in [9.17, 15) is 9.59 Å². The first-order chi connectivity index (χ1) is 14.6. The van der Waals surface area contributed by atoms with E-state index < -0.39 is 0 Å². The summed E-state index contributed by atoms with van der Waals surface area (Å²) in [6.45, 7) is 2.14. The first-order valence-corrected chi connectivity index (χ1v) is 9.88. The number of rotatable bonds is 5. The van der Waals surface area contributed by atoms with Crippen molar-refractivity contribution in [3.63, 3.8) is 0 Å². The van der Waals surface area contributed by atoms with E-state index in [1.54, 1.807) is 42.4 Å². The zero-order valence-electron chi connectivity index (χ0n) is 16.6. The fraction of sp³-hybridized carbons (Fsp3) is 0.227. The fourth-order valence-corrected chi connectivity index (χ4v) is 3.12. The predicted molar refractivity (Wildman–Crippen MR) is 120 cm³/mol. The molecular weight excluding hydrogens is 402 g/mol. The van der Waals surface area contributed by atoms with Gasteiger partial charge in [0.05, 0.1) is 31.6 Å². The number of nitrogens with zero attached hydrogens (tertiary/aromatic N) is 1. The summed E-state index contributed by atoms with van der Waals surface area (Å²) in [7, 11) is 1.60. The molecule has 30 heavy (non-hydrogen) atoms. The minimum absolute atomic E-state index is 0.102. The average Bonchev–Trinajstić information content (AvgIpc) is 2.78. The van der Waals surface area contributed by atoms with Gasteiger partial charge in [-0.05, 0) is 48.1 Å². The topological polar surface area (TPSA) is 79.9 Å². The van der Waals surface area contributed by atoms with Crippen LogP contribution in [0.2, 0.25) is 0 Å². The maximum atomic E-state index is 12.8. The molecule has 1 saturated heterocycles. The molecule has 0 atom stereocenters. The lowest BCUT2D eigenvalue weighted by Gasteiger charge is -2.27. The van der Waals surface area contributed by atoms with E-state index in [1.165, 1.54) is 6.08 Å². The molecule has 2 aromatic carbocycles. The van der Waals surface area contributed by atoms with Crippen LogP contribution in [0.3, 0.4) is 0 Å². The van der Waals surface area contributed by atoms with Crippen molar-refractivity contribution >= 4 is 40.9 Å². The molecule has 0 radical (unpaired) electrons. The van der Waals surface area contributed by atoms with E-state index in [1.807, 2.05) is 24.3 Å². The first kappa shape index (κ1) is 21.5. The van der Waals surface area contributed by atoms with Crippen LogP contribution in [-0.2, 0) is 9.53 Å². The van der Waals surface area contributed by atoms with E-state index in [2.05, 4.69) is 10.6 Å². The highest BCUT2D eigenvalue weighted by atomic mass is 32.1. The Bertz CT molecular complexity index is 938. The van der Waals surface area contributed by atoms with E-state index in [-0.39, 0.29) is 16.9 Å². The summed E-state index contributed by atoms with van der Waals surface area (Å²) in [5.74, 6) is 0.266. The molecule has 0 unspecified atom stereocenters. The molecule has 1 aliphatic rings. The molecule has 0 bridgehead atoms. The van der Waals surface area contributed by atoms with E-state index >= 15 is 0 Å². The standard InChI is InChI=1S/C22H23N3O4S/c1-28-17-9-6-16(7-10-17)8-11-20(26)24-22(30)23-19-5-3-2-4-18(19)21(27)25-12-14-29-15-13-25/h2-11H,12-15H2,1H3,(H2,23,24,26,30). The third-order valence-corrected chi connectivity index (χ3v) is 4.69. The molecule has 2 N–H and O–H groups in total. The average molecular weight is 426 g/mol. The van der Waals surface area contributed by atoms with Gasteiger partial charge < -0.3 is 19.7 Å². The second-order valence-electron chi connectivity index (χ2n) is 6.50. The van der Waals surface area contributed by atoms with Crippen molar-refractivity contribution in [1.82, 2.24) is 10.2 Å². The van der Waals surface area contributed by atoms with Crippen molar-refractivity contribution in [2.24, 2.45) is 0 Å². The van der Waals surface area contributed by atoms with Gasteiger partial charge in [0.2, 0.25) is 5.91 Å². The Hall–Kier alpha value is -3.23. The Balaban J connectivity index is 1.59. The molecule has 1 heterocycles. The quantitative estimate of drug-likeness (QED) is 0.566. The van der Waals surface area contributed by atoms with Gasteiger partial charge >= 0.3 is 0 Å². The van der Waals surface area contributed by atoms with Gasteiger partial charge in [0.25, 0.3) is 5.91 Å². The number of para-hydroxylation sites is 1. The Morgan fingerprint density at radius 3 is 2.50 bits per heavy atom. The van der Waals surface area contributed by atoms with Crippen LogP contribution in [0, 0.1) is 0 Å². The highest BCUT2D eigenvalue weighted by Gasteiger charge is 2.21. The molecule has 0 saturated carbocycles. The van der Waals surface area contributed by atoms with Crippen LogP contribution in [0.1, 0.15) is 15.9 Å². The highest BCUT2D eigenvalue weighted by Crippen LogP contribution is 2.18. The fourth-order valence-electron chi connectivity index (χ4n) is 2.91. The normalized spacial score (nSPS) is 13.7. The maximum Gasteiger partial charge on any atom is 0.256 e. The number of anilines is 1. The van der Waals surface area contributed by atoms with Crippen LogP contribution in [0.4, 0.5) is 5.69 Å². The van der Waals surface area contributed by atoms with Crippen LogP contribution in [0.15, 0.2) is 54.6 Å². The monoisotopic (exact) mass is 425 g/mol. The number of methoxy groups -OCH3 is 1. The smallest absolute Gasteiger partial charge is 0.256 e. The Labute approximate surface area is 180 Å². The van der Waals surface area contributed by atoms with Crippen molar-refractivity contribution in [1.29, 1.82) is 0 Å². The predicted octanol–water partition coefficient (Wildman–Crippen LogP) is 2.69. The lowest BCUT2D eigenvalue weighted by atomic mass is 10.1. The van der Waals surface area contributed by atoms with Crippen LogP contribution in [-0.4, -0.2) is 55.2 Å². The number of thiocarbonyl (C=S) groups is 1. The van der Waals surface area contributed by atoms with Crippen LogP contribution in [0.5, 0.6) is 5.75 Å². The lowest BCUT2D eigenvalue weighted by Crippen LogP contribution is -2.41. The molecule has 0 aromatic heterocycles. The molecule has 1 fully saturated rings. The summed E-state index contributed by atoms with van der Waals surface area (Å²) in [6, 6.07) is 14.4. The minimum atomic E-state index is -0.375. The number of morpholine rings is 1. The number of hydrogen-bond donors (Lipinski definition) is 2. The Morgan fingerprint density at radius 2 is 1.80 bits per heavy atom. The number of hydrogen-bond acceptors (Lipinski definition) is 5. The zero-order valence-corrected chi connectivity index (χ0v) is 17.4. The van der Waals surface area contributed by atoms with Crippen LogP contribution >= 0.6 is 12.2 Å². The van der Waals surface area contributed by atoms with Gasteiger partial charge in [-0.1, -0.05) is 24.3 Å². The van der Waals surface area contributed by atoms with Gasteiger partial charge in [0.15, 0.2) is 5.11 Å². The van der Waals surface area contributed by atoms with E-state index in [0.717, 1.165) is 11.3 Å². The summed E-state index contributed by atoms with van der Waals surface area (Å²) in [5.41, 5.74) is 1.88. The number of carbonyl (C=O) groups excluding carboxylic acids is 2. The molecule has 3 rings (SSSR count). The molecule has 7 nitrogen and oxygen atoms in total. The Kier molecular flexibility index (Phi) is 7.53. The summed E-state index contributed by atoms with van der Waals surface area (Å²) in [4.78, 5) is 26.7. The summed E-state index contributed by atoms with van der Waals surface area (Å²) in [6.07, 6.45) is 3.06. The van der Waals surface area contributed by atoms with Crippen molar-refractivity contribution in [3.8, 4) is 5.75 Å². The number of benzene rings is 2. The molecule has 2 aromatic rings. The van der Waals surface area contributed by atoms with Crippen LogP contribution < -0.4 is 15.4 Å². The van der Waals surface area contributed by atoms with Crippen LogP contribution in [0.25, 0.3) is 6.08 Å². The van der Waals surface area contributed by atoms with Gasteiger partial charge in [-0.3, -0.25) is 14.9 Å². The van der Waals surface area contributed by atoms with Gasteiger partial charge in [-0.2, -0.15) is 0 Å². The van der Waals surface area contributed by atoms with Crippen molar-refractivity contribution in [3.05, 3.63) is 65.7 Å². The molecule has 0 spiro atoms. The SMILES string of the molecule is COc1ccc(C=CC(=O)NC(=S)Nc2ccccc2C(=O)N2CCOCC2)cc1. The highest BCUT2D eigenvalue weighted by molar-refractivity contribution is 7.80. The first-order valence-electron chi connectivity index (χ1n) is 9.47. The molecular formula is C22H23N3O4S. The van der Waals surface area contributed by atoms with Gasteiger partial charge in [0.1, 0.15) is 5.75 Å². The van der Waals surface area contributed by atoms with Gasteiger partial charge in [0, 0.05) is 19.2 Å². The zero-order chi connectivity index (χ0) is 21.3. The summed E-state index contributed by atoms with van der Waals surface area (Å²) >= 11 is 5.24. The minimum Gasteiger partial charge on any atom is -0.497 e. The van der Waals surface area contributed by atoms with E-state index in [4.69, 9.17) is 21.7 Å². The van der Waals surface area contributed by atoms with E-state index in [0.29, 0.717) is 37.6 Å². The number of carbonyl (C=O) groups is 2. The molecule has 156 valence electrons. The molecule has 8 heteroatoms. The van der Waals surface area contributed by atoms with Crippen molar-refractivity contribution in [2.45, 2.75) is 0 Å². The number of ether oxygens (including phenoxy) is 2. The number of amides is 2. The second kappa shape index (κ2) is 10.5. The Morgan fingerprint density at radius 1 is 1.10 bits per heavy atom. The summed E-state index contributed by atoms with van der Waals surface area (Å²) < 4.78 is 10.4. The third kappa shape index (κ3) is 5.88. The largest absolute Gasteiger partial charge is 0.497 e. The third-order valence-electron chi connectivity index (χ3n) is 4.48. The molecule has 0 aliphatic carbocycles. The molecule has 2 amide bonds. The van der Waals surface area contributed by atoms with Crippen molar-refractivity contribution < 1.29 is 19.1 Å². The lowest BCUT2D eigenvalue weighted by molar-refractivity contribution is -0.115. The van der Waals surface area contributed by atoms with Crippen molar-refractivity contribution in [2.75, 3.05) is 38.7 Å². The van der Waals surface area contributed by atoms with Gasteiger partial charge in [-0.25, -0.2) is 0 Å². The maximum absolute atomic E-state index is 12.8. The van der Waals surface area contributed by atoms with Gasteiger partial charge in [-0.15, -0.1) is 0 Å².